The van der Waals surface area contributed by atoms with Crippen LogP contribution in [0, 0.1) is 11.6 Å². The molecule has 1 heterocycles. The van der Waals surface area contributed by atoms with Gasteiger partial charge < -0.3 is 10.3 Å². The molecule has 0 amide bonds. The summed E-state index contributed by atoms with van der Waals surface area (Å²) in [5.74, 6) is -0.443. The van der Waals surface area contributed by atoms with Crippen LogP contribution in [0.4, 0.5) is 8.78 Å². The Hall–Kier alpha value is -1.75. The first kappa shape index (κ1) is 12.7. The number of imidazole rings is 1. The molecule has 1 unspecified atom stereocenters. The van der Waals surface area contributed by atoms with Gasteiger partial charge in [0.2, 0.25) is 0 Å². The average Bonchev–Trinajstić information content (AvgIpc) is 2.81. The average molecular weight is 251 g/mol. The number of hydrogen-bond donors (Lipinski definition) is 1. The summed E-state index contributed by atoms with van der Waals surface area (Å²) in [6.45, 7) is 2.74. The van der Waals surface area contributed by atoms with Crippen LogP contribution in [0.5, 0.6) is 0 Å². The van der Waals surface area contributed by atoms with Crippen LogP contribution in [0.2, 0.25) is 0 Å². The number of nitrogens with two attached hydrogens (primary N) is 1. The first-order valence-corrected chi connectivity index (χ1v) is 5.82. The van der Waals surface area contributed by atoms with Crippen LogP contribution in [0.3, 0.4) is 0 Å². The predicted molar refractivity (Wildman–Crippen MR) is 64.9 cm³/mol. The van der Waals surface area contributed by atoms with Gasteiger partial charge >= 0.3 is 0 Å². The molecule has 1 aromatic carbocycles. The van der Waals surface area contributed by atoms with E-state index < -0.39 is 17.7 Å². The second kappa shape index (κ2) is 5.27. The van der Waals surface area contributed by atoms with Crippen LogP contribution >= 0.6 is 0 Å². The normalized spacial score (nSPS) is 12.7. The lowest BCUT2D eigenvalue weighted by molar-refractivity contribution is 0.549. The highest BCUT2D eigenvalue weighted by atomic mass is 19.1. The van der Waals surface area contributed by atoms with Crippen molar-refractivity contribution in [3.8, 4) is 0 Å². The number of benzene rings is 1. The molecule has 0 bridgehead atoms. The van der Waals surface area contributed by atoms with Crippen LogP contribution in [-0.4, -0.2) is 9.55 Å². The summed E-state index contributed by atoms with van der Waals surface area (Å²) in [5.41, 5.74) is 6.41. The molecule has 5 heteroatoms. The van der Waals surface area contributed by atoms with E-state index in [1.165, 1.54) is 12.1 Å². The minimum Gasteiger partial charge on any atom is -0.334 e. The first-order chi connectivity index (χ1) is 8.61. The van der Waals surface area contributed by atoms with Crippen molar-refractivity contribution >= 4 is 0 Å². The number of nitrogens with zero attached hydrogens (tertiary/aromatic N) is 2. The molecule has 0 aliphatic heterocycles. The topological polar surface area (TPSA) is 43.8 Å². The highest BCUT2D eigenvalue weighted by Crippen LogP contribution is 2.18. The molecule has 0 fully saturated rings. The molecule has 0 radical (unpaired) electrons. The zero-order valence-corrected chi connectivity index (χ0v) is 10.1. The van der Waals surface area contributed by atoms with Crippen molar-refractivity contribution in [3.05, 3.63) is 53.6 Å². The Morgan fingerprint density at radius 2 is 2.17 bits per heavy atom. The van der Waals surface area contributed by atoms with Crippen LogP contribution < -0.4 is 5.73 Å². The fraction of sp³-hybridized carbons (Fsp3) is 0.308. The van der Waals surface area contributed by atoms with Gasteiger partial charge in [-0.1, -0.05) is 6.07 Å². The summed E-state index contributed by atoms with van der Waals surface area (Å²) in [7, 11) is 0. The number of aromatic nitrogens is 2. The quantitative estimate of drug-likeness (QED) is 0.907. The van der Waals surface area contributed by atoms with E-state index in [2.05, 4.69) is 4.98 Å². The van der Waals surface area contributed by atoms with Gasteiger partial charge in [0.05, 0.1) is 6.04 Å². The van der Waals surface area contributed by atoms with Crippen molar-refractivity contribution in [2.24, 2.45) is 5.73 Å². The SMILES string of the molecule is CCn1ccnc1C(N)Cc1ccc(F)cc1F. The van der Waals surface area contributed by atoms with E-state index in [0.29, 0.717) is 17.8 Å². The molecule has 0 spiro atoms. The third-order valence-electron chi connectivity index (χ3n) is 2.87. The monoisotopic (exact) mass is 251 g/mol. The van der Waals surface area contributed by atoms with Crippen LogP contribution in [0.25, 0.3) is 0 Å². The molecule has 2 N–H and O–H groups in total. The lowest BCUT2D eigenvalue weighted by atomic mass is 10.1. The minimum atomic E-state index is -0.583. The molecule has 18 heavy (non-hydrogen) atoms. The molecule has 1 aromatic heterocycles. The van der Waals surface area contributed by atoms with Gasteiger partial charge in [-0.2, -0.15) is 0 Å². The number of aryl methyl sites for hydroxylation is 1. The maximum absolute atomic E-state index is 13.5. The smallest absolute Gasteiger partial charge is 0.129 e. The molecule has 0 aliphatic rings. The van der Waals surface area contributed by atoms with Gasteiger partial charge in [-0.15, -0.1) is 0 Å². The highest BCUT2D eigenvalue weighted by molar-refractivity contribution is 5.20. The molecule has 2 rings (SSSR count). The standard InChI is InChI=1S/C13H15F2N3/c1-2-18-6-5-17-13(18)12(16)7-9-3-4-10(14)8-11(9)15/h3-6,8,12H,2,7,16H2,1H3. The Morgan fingerprint density at radius 1 is 1.39 bits per heavy atom. The summed E-state index contributed by atoms with van der Waals surface area (Å²) < 4.78 is 28.2. The molecule has 2 aromatic rings. The van der Waals surface area contributed by atoms with Gasteiger partial charge in [0.15, 0.2) is 0 Å². The summed E-state index contributed by atoms with van der Waals surface area (Å²) in [6, 6.07) is 3.12. The van der Waals surface area contributed by atoms with Gasteiger partial charge in [-0.25, -0.2) is 13.8 Å². The Labute approximate surface area is 104 Å². The Bertz CT molecular complexity index is 537. The minimum absolute atomic E-state index is 0.295. The zero-order valence-electron chi connectivity index (χ0n) is 10.1. The first-order valence-electron chi connectivity index (χ1n) is 5.82. The Morgan fingerprint density at radius 3 is 2.83 bits per heavy atom. The third-order valence-corrected chi connectivity index (χ3v) is 2.87. The summed E-state index contributed by atoms with van der Waals surface area (Å²) >= 11 is 0. The molecule has 0 saturated heterocycles. The lowest BCUT2D eigenvalue weighted by Gasteiger charge is -2.13. The van der Waals surface area contributed by atoms with Crippen molar-refractivity contribution in [1.29, 1.82) is 0 Å². The number of halogens is 2. The van der Waals surface area contributed by atoms with Gasteiger partial charge in [0, 0.05) is 25.0 Å². The number of hydrogen-bond acceptors (Lipinski definition) is 2. The van der Waals surface area contributed by atoms with E-state index in [1.54, 1.807) is 6.20 Å². The summed E-state index contributed by atoms with van der Waals surface area (Å²) in [4.78, 5) is 4.17. The van der Waals surface area contributed by atoms with E-state index in [-0.39, 0.29) is 0 Å². The number of rotatable bonds is 4. The van der Waals surface area contributed by atoms with Crippen molar-refractivity contribution in [2.45, 2.75) is 25.9 Å². The molecule has 96 valence electrons. The van der Waals surface area contributed by atoms with Crippen molar-refractivity contribution < 1.29 is 8.78 Å². The molecule has 0 aliphatic carbocycles. The molecule has 3 nitrogen and oxygen atoms in total. The fourth-order valence-corrected chi connectivity index (χ4v) is 1.93. The summed E-state index contributed by atoms with van der Waals surface area (Å²) in [5, 5.41) is 0. The third kappa shape index (κ3) is 2.56. The summed E-state index contributed by atoms with van der Waals surface area (Å²) in [6.07, 6.45) is 3.79. The van der Waals surface area contributed by atoms with E-state index >= 15 is 0 Å². The van der Waals surface area contributed by atoms with Gasteiger partial charge in [-0.3, -0.25) is 0 Å². The van der Waals surface area contributed by atoms with Crippen LogP contribution in [0.1, 0.15) is 24.4 Å². The van der Waals surface area contributed by atoms with Crippen LogP contribution in [0.15, 0.2) is 30.6 Å². The highest BCUT2D eigenvalue weighted by Gasteiger charge is 2.15. The molecule has 0 saturated carbocycles. The molecule has 1 atom stereocenters. The van der Waals surface area contributed by atoms with Gasteiger partial charge in [0.25, 0.3) is 0 Å². The lowest BCUT2D eigenvalue weighted by Crippen LogP contribution is -2.19. The zero-order chi connectivity index (χ0) is 13.1. The van der Waals surface area contributed by atoms with Gasteiger partial charge in [-0.05, 0) is 25.0 Å². The predicted octanol–water partition coefficient (Wildman–Crippen LogP) is 2.42. The Kier molecular flexibility index (Phi) is 3.72. The van der Waals surface area contributed by atoms with Gasteiger partial charge in [0.1, 0.15) is 17.5 Å². The van der Waals surface area contributed by atoms with Crippen molar-refractivity contribution in [2.75, 3.05) is 0 Å². The Balaban J connectivity index is 2.18. The molecular weight excluding hydrogens is 236 g/mol. The maximum atomic E-state index is 13.5. The fourth-order valence-electron chi connectivity index (χ4n) is 1.93. The van der Waals surface area contributed by atoms with E-state index in [9.17, 15) is 8.78 Å². The second-order valence-electron chi connectivity index (χ2n) is 4.12. The van der Waals surface area contributed by atoms with Crippen molar-refractivity contribution in [1.82, 2.24) is 9.55 Å². The molecular formula is C13H15F2N3. The van der Waals surface area contributed by atoms with Crippen molar-refractivity contribution in [3.63, 3.8) is 0 Å². The second-order valence-corrected chi connectivity index (χ2v) is 4.12. The van der Waals surface area contributed by atoms with E-state index in [1.807, 2.05) is 17.7 Å². The maximum Gasteiger partial charge on any atom is 0.129 e. The largest absolute Gasteiger partial charge is 0.334 e. The van der Waals surface area contributed by atoms with E-state index in [0.717, 1.165) is 12.6 Å². The van der Waals surface area contributed by atoms with E-state index in [4.69, 9.17) is 5.73 Å². The van der Waals surface area contributed by atoms with Crippen LogP contribution in [-0.2, 0) is 13.0 Å².